The summed E-state index contributed by atoms with van der Waals surface area (Å²) in [6, 6.07) is 28.3. The SMILES string of the molecule is COc1cccc(-c2noc(CN(CCCO)C(c3ccccc3)c3ccccc3)n2)c1. The van der Waals surface area contributed by atoms with E-state index in [9.17, 15) is 5.11 Å². The molecular formula is C26H27N3O3. The van der Waals surface area contributed by atoms with Crippen molar-refractivity contribution in [3.05, 3.63) is 102 Å². The van der Waals surface area contributed by atoms with Gasteiger partial charge in [0.15, 0.2) is 0 Å². The van der Waals surface area contributed by atoms with Crippen molar-refractivity contribution in [2.24, 2.45) is 0 Å². The Bertz CT molecular complexity index is 1060. The quantitative estimate of drug-likeness (QED) is 0.393. The fourth-order valence-corrected chi connectivity index (χ4v) is 3.83. The fraction of sp³-hybridized carbons (Fsp3) is 0.231. The maximum Gasteiger partial charge on any atom is 0.241 e. The molecule has 0 saturated heterocycles. The lowest BCUT2D eigenvalue weighted by Crippen LogP contribution is -2.31. The number of nitrogens with zero attached hydrogens (tertiary/aromatic N) is 3. The molecule has 0 radical (unpaired) electrons. The lowest BCUT2D eigenvalue weighted by molar-refractivity contribution is 0.167. The maximum atomic E-state index is 9.52. The Hall–Kier alpha value is -3.48. The van der Waals surface area contributed by atoms with Crippen molar-refractivity contribution in [2.75, 3.05) is 20.3 Å². The third-order valence-electron chi connectivity index (χ3n) is 5.33. The Labute approximate surface area is 188 Å². The highest BCUT2D eigenvalue weighted by molar-refractivity contribution is 5.56. The maximum absolute atomic E-state index is 9.52. The summed E-state index contributed by atoms with van der Waals surface area (Å²) < 4.78 is 10.9. The number of hydrogen-bond acceptors (Lipinski definition) is 6. The second kappa shape index (κ2) is 10.7. The zero-order valence-electron chi connectivity index (χ0n) is 18.1. The van der Waals surface area contributed by atoms with Crippen molar-refractivity contribution in [3.8, 4) is 17.1 Å². The number of aromatic nitrogens is 2. The molecule has 0 fully saturated rings. The minimum atomic E-state index is -0.00359. The molecule has 4 rings (SSSR count). The standard InChI is InChI=1S/C26H27N3O3/c1-31-23-15-8-14-22(18-23)26-27-24(32-28-26)19-29(16-9-17-30)25(20-10-4-2-5-11-20)21-12-6-3-7-13-21/h2-8,10-15,18,25,30H,9,16-17,19H2,1H3. The first kappa shape index (κ1) is 21.7. The van der Waals surface area contributed by atoms with E-state index in [1.165, 1.54) is 11.1 Å². The van der Waals surface area contributed by atoms with Gasteiger partial charge in [0.1, 0.15) is 5.75 Å². The Morgan fingerprint density at radius 1 is 0.938 bits per heavy atom. The number of aliphatic hydroxyl groups excluding tert-OH is 1. The predicted octanol–water partition coefficient (Wildman–Crippen LogP) is 4.72. The average molecular weight is 430 g/mol. The van der Waals surface area contributed by atoms with Crippen LogP contribution in [0.2, 0.25) is 0 Å². The van der Waals surface area contributed by atoms with Gasteiger partial charge in [-0.1, -0.05) is 78.0 Å². The Morgan fingerprint density at radius 2 is 1.62 bits per heavy atom. The molecule has 0 aliphatic rings. The van der Waals surface area contributed by atoms with Crippen LogP contribution in [0.25, 0.3) is 11.4 Å². The fourth-order valence-electron chi connectivity index (χ4n) is 3.83. The summed E-state index contributed by atoms with van der Waals surface area (Å²) in [5.74, 6) is 1.79. The molecule has 4 aromatic rings. The van der Waals surface area contributed by atoms with E-state index in [2.05, 4.69) is 39.3 Å². The topological polar surface area (TPSA) is 71.6 Å². The largest absolute Gasteiger partial charge is 0.497 e. The van der Waals surface area contributed by atoms with Crippen LogP contribution in [-0.2, 0) is 6.54 Å². The molecule has 164 valence electrons. The highest BCUT2D eigenvalue weighted by Crippen LogP contribution is 2.30. The molecule has 0 bridgehead atoms. The van der Waals surface area contributed by atoms with Gasteiger partial charge >= 0.3 is 0 Å². The van der Waals surface area contributed by atoms with Crippen molar-refractivity contribution in [1.29, 1.82) is 0 Å². The van der Waals surface area contributed by atoms with Gasteiger partial charge in [-0.25, -0.2) is 0 Å². The first-order valence-electron chi connectivity index (χ1n) is 10.7. The molecule has 0 spiro atoms. The average Bonchev–Trinajstić information content (AvgIpc) is 3.32. The van der Waals surface area contributed by atoms with Crippen molar-refractivity contribution in [2.45, 2.75) is 19.0 Å². The van der Waals surface area contributed by atoms with E-state index in [4.69, 9.17) is 9.26 Å². The number of benzene rings is 3. The normalized spacial score (nSPS) is 11.2. The van der Waals surface area contributed by atoms with Gasteiger partial charge in [0, 0.05) is 18.7 Å². The van der Waals surface area contributed by atoms with E-state index >= 15 is 0 Å². The summed E-state index contributed by atoms with van der Waals surface area (Å²) in [6.07, 6.45) is 0.646. The van der Waals surface area contributed by atoms with Crippen LogP contribution in [0.1, 0.15) is 29.5 Å². The van der Waals surface area contributed by atoms with E-state index in [1.807, 2.05) is 60.7 Å². The summed E-state index contributed by atoms with van der Waals surface area (Å²) in [4.78, 5) is 6.90. The highest BCUT2D eigenvalue weighted by atomic mass is 16.5. The summed E-state index contributed by atoms with van der Waals surface area (Å²) in [6.45, 7) is 1.26. The summed E-state index contributed by atoms with van der Waals surface area (Å²) in [7, 11) is 1.63. The minimum Gasteiger partial charge on any atom is -0.497 e. The van der Waals surface area contributed by atoms with Crippen LogP contribution in [-0.4, -0.2) is 40.4 Å². The van der Waals surface area contributed by atoms with Crippen LogP contribution >= 0.6 is 0 Å². The molecule has 32 heavy (non-hydrogen) atoms. The predicted molar refractivity (Wildman–Crippen MR) is 123 cm³/mol. The molecule has 6 nitrogen and oxygen atoms in total. The van der Waals surface area contributed by atoms with Crippen LogP contribution in [0.15, 0.2) is 89.5 Å². The van der Waals surface area contributed by atoms with Crippen molar-refractivity contribution in [3.63, 3.8) is 0 Å². The van der Waals surface area contributed by atoms with E-state index in [-0.39, 0.29) is 12.6 Å². The van der Waals surface area contributed by atoms with E-state index in [0.717, 1.165) is 11.3 Å². The number of aliphatic hydroxyl groups is 1. The van der Waals surface area contributed by atoms with E-state index in [1.54, 1.807) is 7.11 Å². The molecule has 0 aliphatic heterocycles. The Kier molecular flexibility index (Phi) is 7.27. The van der Waals surface area contributed by atoms with Gasteiger partial charge in [0.25, 0.3) is 0 Å². The third-order valence-corrected chi connectivity index (χ3v) is 5.33. The molecule has 0 saturated carbocycles. The second-order valence-corrected chi connectivity index (χ2v) is 7.52. The van der Waals surface area contributed by atoms with Crippen molar-refractivity contribution < 1.29 is 14.4 Å². The Morgan fingerprint density at radius 3 is 2.25 bits per heavy atom. The lowest BCUT2D eigenvalue weighted by atomic mass is 9.96. The first-order chi connectivity index (χ1) is 15.8. The Balaban J connectivity index is 1.65. The van der Waals surface area contributed by atoms with Crippen molar-refractivity contribution in [1.82, 2.24) is 15.0 Å². The van der Waals surface area contributed by atoms with Gasteiger partial charge in [-0.15, -0.1) is 0 Å². The van der Waals surface area contributed by atoms with E-state index < -0.39 is 0 Å². The smallest absolute Gasteiger partial charge is 0.241 e. The van der Waals surface area contributed by atoms with Gasteiger partial charge < -0.3 is 14.4 Å². The van der Waals surface area contributed by atoms with Crippen LogP contribution < -0.4 is 4.74 Å². The molecular weight excluding hydrogens is 402 g/mol. The molecule has 0 aliphatic carbocycles. The highest BCUT2D eigenvalue weighted by Gasteiger charge is 2.24. The molecule has 0 amide bonds. The zero-order valence-corrected chi connectivity index (χ0v) is 18.1. The van der Waals surface area contributed by atoms with Crippen LogP contribution in [0, 0.1) is 0 Å². The van der Waals surface area contributed by atoms with Gasteiger partial charge in [-0.3, -0.25) is 4.90 Å². The third kappa shape index (κ3) is 5.22. The van der Waals surface area contributed by atoms with Crippen molar-refractivity contribution >= 4 is 0 Å². The van der Waals surface area contributed by atoms with Crippen LogP contribution in [0.3, 0.4) is 0 Å². The zero-order chi connectivity index (χ0) is 22.2. The molecule has 0 atom stereocenters. The molecule has 1 N–H and O–H groups in total. The van der Waals surface area contributed by atoms with Gasteiger partial charge in [0.2, 0.25) is 11.7 Å². The number of methoxy groups -OCH3 is 1. The first-order valence-corrected chi connectivity index (χ1v) is 10.7. The molecule has 1 heterocycles. The monoisotopic (exact) mass is 429 g/mol. The van der Waals surface area contributed by atoms with E-state index in [0.29, 0.717) is 31.2 Å². The summed E-state index contributed by atoms with van der Waals surface area (Å²) >= 11 is 0. The molecule has 1 aromatic heterocycles. The molecule has 0 unspecified atom stereocenters. The van der Waals surface area contributed by atoms with Gasteiger partial charge in [-0.2, -0.15) is 4.98 Å². The summed E-state index contributed by atoms with van der Waals surface area (Å²) in [5.41, 5.74) is 3.18. The molecule has 3 aromatic carbocycles. The second-order valence-electron chi connectivity index (χ2n) is 7.52. The number of hydrogen-bond donors (Lipinski definition) is 1. The lowest BCUT2D eigenvalue weighted by Gasteiger charge is -2.31. The molecule has 6 heteroatoms. The van der Waals surface area contributed by atoms with Gasteiger partial charge in [-0.05, 0) is 29.7 Å². The van der Waals surface area contributed by atoms with Crippen LogP contribution in [0.4, 0.5) is 0 Å². The minimum absolute atomic E-state index is 0.00359. The summed E-state index contributed by atoms with van der Waals surface area (Å²) in [5, 5.41) is 13.7. The number of ether oxygens (including phenoxy) is 1. The van der Waals surface area contributed by atoms with Crippen LogP contribution in [0.5, 0.6) is 5.75 Å². The number of rotatable bonds is 10. The van der Waals surface area contributed by atoms with Gasteiger partial charge in [0.05, 0.1) is 19.7 Å².